The van der Waals surface area contributed by atoms with E-state index in [1.54, 1.807) is 6.92 Å². The highest BCUT2D eigenvalue weighted by Gasteiger charge is 2.29. The number of piperazine rings is 1. The minimum Gasteiger partial charge on any atom is -0.480 e. The molecule has 0 unspecified atom stereocenters. The number of hydrogen-bond donors (Lipinski definition) is 2. The van der Waals surface area contributed by atoms with E-state index in [1.807, 2.05) is 0 Å². The smallest absolute Gasteiger partial charge is 0.323 e. The van der Waals surface area contributed by atoms with Crippen LogP contribution in [0.5, 0.6) is 0 Å². The van der Waals surface area contributed by atoms with Gasteiger partial charge in [0.05, 0.1) is 0 Å². The average molecular weight is 257 g/mol. The van der Waals surface area contributed by atoms with Crippen LogP contribution in [0.4, 0.5) is 4.79 Å². The molecule has 1 saturated heterocycles. The molecule has 0 radical (unpaired) electrons. The minimum atomic E-state index is -1.13. The number of carbonyl (C=O) groups is 4. The van der Waals surface area contributed by atoms with Crippen molar-refractivity contribution >= 4 is 23.8 Å². The van der Waals surface area contributed by atoms with E-state index < -0.39 is 30.4 Å². The molecule has 1 aliphatic rings. The molecule has 1 fully saturated rings. The van der Waals surface area contributed by atoms with Gasteiger partial charge in [-0.2, -0.15) is 0 Å². The standard InChI is InChI=1S/C10H15N3O5/c1-2-3-12(6-9(16)17)10(18)13-4-7(14)11-8(15)5-13/h2-6H2,1H3,(H,16,17)(H,11,14,15). The first-order valence-corrected chi connectivity index (χ1v) is 5.52. The SMILES string of the molecule is CCCN(CC(=O)O)C(=O)N1CC(=O)NC(=O)C1. The quantitative estimate of drug-likeness (QED) is 0.619. The van der Waals surface area contributed by atoms with Gasteiger partial charge in [0.15, 0.2) is 0 Å². The molecule has 0 atom stereocenters. The number of imide groups is 1. The molecule has 8 heteroatoms. The van der Waals surface area contributed by atoms with Crippen LogP contribution in [0.3, 0.4) is 0 Å². The molecule has 0 aromatic heterocycles. The molecule has 0 aromatic rings. The Balaban J connectivity index is 2.72. The summed E-state index contributed by atoms with van der Waals surface area (Å²) in [4.78, 5) is 47.0. The molecule has 0 aromatic carbocycles. The summed E-state index contributed by atoms with van der Waals surface area (Å²) >= 11 is 0. The maximum atomic E-state index is 12.0. The number of carboxylic acid groups (broad SMARTS) is 1. The number of urea groups is 1. The average Bonchev–Trinajstić information content (AvgIpc) is 2.25. The summed E-state index contributed by atoms with van der Waals surface area (Å²) in [6.07, 6.45) is 0.590. The first kappa shape index (κ1) is 13.9. The summed E-state index contributed by atoms with van der Waals surface area (Å²) in [6, 6.07) is -0.609. The molecule has 18 heavy (non-hydrogen) atoms. The third kappa shape index (κ3) is 3.72. The van der Waals surface area contributed by atoms with Gasteiger partial charge in [-0.25, -0.2) is 4.79 Å². The van der Waals surface area contributed by atoms with Gasteiger partial charge < -0.3 is 14.9 Å². The van der Waals surface area contributed by atoms with Crippen LogP contribution in [-0.2, 0) is 14.4 Å². The van der Waals surface area contributed by atoms with E-state index in [1.165, 1.54) is 0 Å². The molecule has 4 amide bonds. The van der Waals surface area contributed by atoms with Gasteiger partial charge >= 0.3 is 12.0 Å². The van der Waals surface area contributed by atoms with E-state index in [0.29, 0.717) is 6.42 Å². The molecule has 8 nitrogen and oxygen atoms in total. The highest BCUT2D eigenvalue weighted by atomic mass is 16.4. The number of aliphatic carboxylic acids is 1. The number of carboxylic acids is 1. The van der Waals surface area contributed by atoms with Crippen molar-refractivity contribution in [1.29, 1.82) is 0 Å². The Morgan fingerprint density at radius 2 is 1.89 bits per heavy atom. The Morgan fingerprint density at radius 1 is 1.33 bits per heavy atom. The van der Waals surface area contributed by atoms with Crippen LogP contribution >= 0.6 is 0 Å². The number of hydrogen-bond acceptors (Lipinski definition) is 4. The zero-order valence-corrected chi connectivity index (χ0v) is 10.0. The Labute approximate surface area is 104 Å². The van der Waals surface area contributed by atoms with Crippen molar-refractivity contribution in [2.75, 3.05) is 26.2 Å². The largest absolute Gasteiger partial charge is 0.480 e. The van der Waals surface area contributed by atoms with Gasteiger partial charge in [0.2, 0.25) is 11.8 Å². The molecule has 1 heterocycles. The van der Waals surface area contributed by atoms with Crippen LogP contribution in [-0.4, -0.2) is 64.9 Å². The molecule has 0 bridgehead atoms. The van der Waals surface area contributed by atoms with Crippen molar-refractivity contribution < 1.29 is 24.3 Å². The normalized spacial score (nSPS) is 15.3. The summed E-state index contributed by atoms with van der Waals surface area (Å²) in [6.45, 7) is 1.15. The molecule has 1 rings (SSSR count). The van der Waals surface area contributed by atoms with Gasteiger partial charge in [0.1, 0.15) is 19.6 Å². The second-order valence-corrected chi connectivity index (χ2v) is 3.93. The van der Waals surface area contributed by atoms with Gasteiger partial charge in [-0.3, -0.25) is 19.7 Å². The molecule has 0 saturated carbocycles. The maximum Gasteiger partial charge on any atom is 0.323 e. The van der Waals surface area contributed by atoms with E-state index in [-0.39, 0.29) is 19.6 Å². The topological polar surface area (TPSA) is 107 Å². The lowest BCUT2D eigenvalue weighted by molar-refractivity contribution is -0.137. The summed E-state index contributed by atoms with van der Waals surface area (Å²) in [7, 11) is 0. The minimum absolute atomic E-state index is 0.232. The summed E-state index contributed by atoms with van der Waals surface area (Å²) in [5.74, 6) is -2.26. The molecule has 2 N–H and O–H groups in total. The van der Waals surface area contributed by atoms with Gasteiger partial charge in [0.25, 0.3) is 0 Å². The Bertz CT molecular complexity index is 366. The van der Waals surface area contributed by atoms with E-state index in [9.17, 15) is 19.2 Å². The Kier molecular flexibility index (Phi) is 4.64. The summed E-state index contributed by atoms with van der Waals surface area (Å²) in [5, 5.41) is 10.8. The zero-order valence-electron chi connectivity index (χ0n) is 10.0. The fraction of sp³-hybridized carbons (Fsp3) is 0.600. The van der Waals surface area contributed by atoms with Crippen LogP contribution in [0.25, 0.3) is 0 Å². The lowest BCUT2D eigenvalue weighted by Crippen LogP contribution is -2.57. The predicted molar refractivity (Wildman–Crippen MR) is 59.6 cm³/mol. The van der Waals surface area contributed by atoms with Crippen LogP contribution in [0.2, 0.25) is 0 Å². The highest BCUT2D eigenvalue weighted by molar-refractivity contribution is 6.02. The lowest BCUT2D eigenvalue weighted by atomic mass is 10.3. The number of nitrogens with zero attached hydrogens (tertiary/aromatic N) is 2. The third-order valence-corrected chi connectivity index (χ3v) is 2.31. The fourth-order valence-corrected chi connectivity index (χ4v) is 1.65. The molecule has 100 valence electrons. The monoisotopic (exact) mass is 257 g/mol. The maximum absolute atomic E-state index is 12.0. The lowest BCUT2D eigenvalue weighted by Gasteiger charge is -2.30. The fourth-order valence-electron chi connectivity index (χ4n) is 1.65. The van der Waals surface area contributed by atoms with E-state index in [2.05, 4.69) is 5.32 Å². The van der Waals surface area contributed by atoms with Gasteiger partial charge in [0, 0.05) is 6.54 Å². The third-order valence-electron chi connectivity index (χ3n) is 2.31. The Morgan fingerprint density at radius 3 is 2.33 bits per heavy atom. The second-order valence-electron chi connectivity index (χ2n) is 3.93. The van der Waals surface area contributed by atoms with Crippen molar-refractivity contribution in [3.63, 3.8) is 0 Å². The molecular formula is C10H15N3O5. The van der Waals surface area contributed by atoms with Crippen molar-refractivity contribution in [2.24, 2.45) is 0 Å². The zero-order chi connectivity index (χ0) is 13.7. The van der Waals surface area contributed by atoms with Gasteiger partial charge in [-0.15, -0.1) is 0 Å². The summed E-state index contributed by atoms with van der Waals surface area (Å²) < 4.78 is 0. The molecular weight excluding hydrogens is 242 g/mol. The summed E-state index contributed by atoms with van der Waals surface area (Å²) in [5.41, 5.74) is 0. The second kappa shape index (κ2) is 5.99. The highest BCUT2D eigenvalue weighted by Crippen LogP contribution is 2.03. The van der Waals surface area contributed by atoms with Gasteiger partial charge in [-0.1, -0.05) is 6.92 Å². The number of carbonyl (C=O) groups excluding carboxylic acids is 3. The molecule has 0 aliphatic carbocycles. The van der Waals surface area contributed by atoms with Crippen molar-refractivity contribution in [3.05, 3.63) is 0 Å². The van der Waals surface area contributed by atoms with Gasteiger partial charge in [-0.05, 0) is 6.42 Å². The van der Waals surface area contributed by atoms with E-state index >= 15 is 0 Å². The van der Waals surface area contributed by atoms with E-state index in [4.69, 9.17) is 5.11 Å². The van der Waals surface area contributed by atoms with Crippen molar-refractivity contribution in [1.82, 2.24) is 15.1 Å². The number of nitrogens with one attached hydrogen (secondary N) is 1. The molecule has 0 spiro atoms. The first-order valence-electron chi connectivity index (χ1n) is 5.52. The van der Waals surface area contributed by atoms with Crippen LogP contribution in [0.1, 0.15) is 13.3 Å². The first-order chi connectivity index (χ1) is 8.43. The van der Waals surface area contributed by atoms with Crippen molar-refractivity contribution in [2.45, 2.75) is 13.3 Å². The predicted octanol–water partition coefficient (Wildman–Crippen LogP) is -1.14. The van der Waals surface area contributed by atoms with Crippen molar-refractivity contribution in [3.8, 4) is 0 Å². The molecule has 1 aliphatic heterocycles. The van der Waals surface area contributed by atoms with Crippen LogP contribution < -0.4 is 5.32 Å². The number of amides is 4. The van der Waals surface area contributed by atoms with E-state index in [0.717, 1.165) is 9.80 Å². The van der Waals surface area contributed by atoms with Crippen LogP contribution in [0, 0.1) is 0 Å². The Hall–Kier alpha value is -2.12. The van der Waals surface area contributed by atoms with Crippen LogP contribution in [0.15, 0.2) is 0 Å². The number of rotatable bonds is 4.